The van der Waals surface area contributed by atoms with Crippen LogP contribution in [0.1, 0.15) is 180 Å². The lowest BCUT2D eigenvalue weighted by Gasteiger charge is -2.17. The van der Waals surface area contributed by atoms with E-state index in [1.165, 1.54) is 19.2 Å². The highest BCUT2D eigenvalue weighted by Crippen LogP contribution is 2.25. The number of hydrogen-bond acceptors (Lipinski definition) is 23. The van der Waals surface area contributed by atoms with Crippen LogP contribution in [0.3, 0.4) is 0 Å². The van der Waals surface area contributed by atoms with Gasteiger partial charge in [0.05, 0.1) is 51.4 Å². The Balaban J connectivity index is 0.000000259. The fourth-order valence-corrected chi connectivity index (χ4v) is 11.7. The highest BCUT2D eigenvalue weighted by molar-refractivity contribution is 7.93. The lowest BCUT2D eigenvalue weighted by molar-refractivity contribution is 0.0686. The van der Waals surface area contributed by atoms with Gasteiger partial charge in [-0.1, -0.05) is 135 Å². The number of aliphatic hydroxyl groups excluding tert-OH is 1. The second-order valence-electron chi connectivity index (χ2n) is 30.1. The number of aliphatic hydroxyl groups is 1. The van der Waals surface area contributed by atoms with Crippen LogP contribution >= 0.6 is 0 Å². The number of carbonyl (C=O) groups is 9. The Kier molecular flexibility index (Phi) is 48.4. The van der Waals surface area contributed by atoms with Gasteiger partial charge in [-0.05, 0) is 195 Å². The second-order valence-corrected chi connectivity index (χ2v) is 30.1. The molecule has 0 saturated heterocycles. The van der Waals surface area contributed by atoms with Gasteiger partial charge >= 0.3 is 36.3 Å². The smallest absolute Gasteiger partial charge is 0.408 e. The average Bonchev–Trinajstić information content (AvgIpc) is 0.853. The number of anilines is 6. The first-order valence-electron chi connectivity index (χ1n) is 42.9. The molecule has 699 valence electrons. The number of carboxylic acids is 2. The van der Waals surface area contributed by atoms with E-state index in [0.717, 1.165) is 55.6 Å². The number of nitrogen functional groups attached to an aromatic ring is 3. The van der Waals surface area contributed by atoms with E-state index < -0.39 is 79.6 Å². The maximum absolute atomic E-state index is 12.3. The summed E-state index contributed by atoms with van der Waals surface area (Å²) in [4.78, 5) is 126. The van der Waals surface area contributed by atoms with Gasteiger partial charge in [0.25, 0.3) is 17.7 Å². The number of nitrogens with two attached hydrogens (primary N) is 4. The first kappa shape index (κ1) is 112. The predicted molar refractivity (Wildman–Crippen MR) is 548 cm³/mol. The van der Waals surface area contributed by atoms with Crippen LogP contribution in [-0.2, 0) is 51.7 Å². The predicted octanol–water partition coefficient (Wildman–Crippen LogP) is 13.7. The number of ether oxygens (including phenoxy) is 4. The Hall–Kier alpha value is -16.2. The van der Waals surface area contributed by atoms with Crippen molar-refractivity contribution in [2.24, 2.45) is 5.73 Å². The Morgan fingerprint density at radius 2 is 0.561 bits per heavy atom. The monoisotopic (exact) mass is 1860 g/mol. The van der Waals surface area contributed by atoms with Gasteiger partial charge in [-0.2, -0.15) is 0 Å². The fraction of sp³-hybridized carbons (Fsp3) is 0.163. The number of nitrogens with zero attached hydrogens (tertiary/aromatic N) is 5. The molecule has 13 rings (SSSR count). The molecule has 5 aromatic heterocycles. The van der Waals surface area contributed by atoms with Crippen molar-refractivity contribution < 1.29 is 77.4 Å². The Labute approximate surface area is 816 Å². The van der Waals surface area contributed by atoms with Gasteiger partial charge in [-0.3, -0.25) is 39.3 Å². The number of aromatic nitrogens is 5. The van der Waals surface area contributed by atoms with Crippen LogP contribution in [0.25, 0.3) is 0 Å². The summed E-state index contributed by atoms with van der Waals surface area (Å²) in [6, 6.07) is 72.9. The zero-order valence-corrected chi connectivity index (χ0v) is 76.3. The standard InChI is InChI=1S/3C22H22N4O3.C16H16N2O4.C8H9NO2.C7H9NO.CH4.B9/c3*1-15(18-5-4-12-24-14-18)29-22(28)25-13-16-8-10-17(11-9-16)21(27)26-20-7-3-2-6-19(20)23;1-11(14-3-2-8-17-10-14)22-16(21)18-9-12-4-6-13(7-5-12)15(19)20;9-5-6-1-3-7(4-2-6)8(10)11;1-6(9)7-3-2-4-8-5-7;;1-6-9(7(2)3)8(4)5/h3*2-12,14-15H,13,23H2,1H3,(H,25,28)(H,26,27);2-8,10-11H,9H2,1H3,(H,18,21)(H,19,20);1-4H,5,9H2,(H,10,11);2-6,9H,1H3;1H4;/t2*15-;;;;;;/m10....../s1. The molecule has 3 unspecified atom stereocenters. The molecule has 13 aromatic rings. The van der Waals surface area contributed by atoms with Crippen molar-refractivity contribution in [3.8, 4) is 0 Å². The molecule has 32 nitrogen and oxygen atoms in total. The highest BCUT2D eigenvalue weighted by Gasteiger charge is 2.21. The fourth-order valence-electron chi connectivity index (χ4n) is 11.7. The molecule has 0 aliphatic rings. The summed E-state index contributed by atoms with van der Waals surface area (Å²) in [5, 5.41) is 45.3. The minimum atomic E-state index is -0.982. The van der Waals surface area contributed by atoms with Crippen LogP contribution in [0.5, 0.6) is 0 Å². The average molecular weight is 1860 g/mol. The van der Waals surface area contributed by atoms with Gasteiger partial charge in [0, 0.05) is 199 Å². The number of hydrogen-bond donors (Lipinski definition) is 14. The molecule has 0 saturated carbocycles. The van der Waals surface area contributed by atoms with Crippen LogP contribution in [0.2, 0.25) is 0 Å². The number of alkyl carbamates (subject to hydrolysis) is 4. The lowest BCUT2D eigenvalue weighted by atomic mass is 8.64. The van der Waals surface area contributed by atoms with Crippen LogP contribution in [0.4, 0.5) is 53.3 Å². The number of carbonyl (C=O) groups excluding carboxylic acids is 7. The maximum atomic E-state index is 12.3. The van der Waals surface area contributed by atoms with E-state index in [4.69, 9.17) is 95.9 Å². The van der Waals surface area contributed by atoms with E-state index >= 15 is 0 Å². The number of aromatic carboxylic acids is 2. The van der Waals surface area contributed by atoms with E-state index in [-0.39, 0.29) is 63.3 Å². The third kappa shape index (κ3) is 40.9. The largest absolute Gasteiger partial charge is 0.478 e. The van der Waals surface area contributed by atoms with Crippen molar-refractivity contribution in [1.82, 2.24) is 46.2 Å². The molecule has 8 aromatic carbocycles. The minimum absolute atomic E-state index is 0. The molecule has 0 bridgehead atoms. The molecule has 5 heterocycles. The SMILES string of the molecule is C.CC(O)c1cccnc1.CC(OC(=O)NCc1ccc(C(=O)Nc2ccccc2N)cc1)c1cccnc1.CC(OC(=O)NCc1ccc(C(=O)O)cc1)c1cccnc1.C[C@@H](OC(=O)NCc1ccc(C(=O)Nc2ccccc2N)cc1)c1cccnc1.C[C@H](OC(=O)NCc1ccc(C(=O)Nc2ccccc2N)cc1)c1cccnc1.NCc1ccc(C(=O)O)cc1.[B][B]B(B([B])[B])B([B])[B]. The normalized spacial score (nSPS) is 11.0. The molecule has 18 N–H and O–H groups in total. The molecule has 41 heteroatoms. The summed E-state index contributed by atoms with van der Waals surface area (Å²) in [6.45, 7) is 10.4. The first-order valence-corrected chi connectivity index (χ1v) is 42.9. The molecule has 5 atom stereocenters. The zero-order chi connectivity index (χ0) is 100. The Morgan fingerprint density at radius 1 is 0.338 bits per heavy atom. The van der Waals surface area contributed by atoms with Gasteiger partial charge in [0.15, 0.2) is 0 Å². The quantitative estimate of drug-likeness (QED) is 0.0118. The van der Waals surface area contributed by atoms with Crippen LogP contribution < -0.4 is 60.2 Å². The molecular formula is C98H104B9N16O16. The van der Waals surface area contributed by atoms with Crippen molar-refractivity contribution in [2.45, 2.75) is 105 Å². The number of pyridine rings is 5. The number of para-hydroxylation sites is 6. The molecule has 7 amide bonds. The molecule has 11 radical (unpaired) electrons. The number of nitrogens with one attached hydrogen (secondary N) is 7. The number of rotatable bonds is 29. The minimum Gasteiger partial charge on any atom is -0.478 e. The summed E-state index contributed by atoms with van der Waals surface area (Å²) in [7, 11) is 27.5. The third-order valence-electron chi connectivity index (χ3n) is 19.7. The van der Waals surface area contributed by atoms with Gasteiger partial charge in [-0.15, -0.1) is 0 Å². The molecular weight excluding hydrogens is 1750 g/mol. The summed E-state index contributed by atoms with van der Waals surface area (Å²) in [5.41, 5.74) is 36.4. The van der Waals surface area contributed by atoms with E-state index in [2.05, 4.69) is 62.1 Å². The lowest BCUT2D eigenvalue weighted by Crippen LogP contribution is -2.55. The third-order valence-corrected chi connectivity index (χ3v) is 19.7. The van der Waals surface area contributed by atoms with Gasteiger partial charge in [-0.25, -0.2) is 28.8 Å². The van der Waals surface area contributed by atoms with Crippen molar-refractivity contribution in [1.29, 1.82) is 0 Å². The van der Waals surface area contributed by atoms with Gasteiger partial charge < -0.3 is 94.4 Å². The van der Waals surface area contributed by atoms with Gasteiger partial charge in [0.1, 0.15) is 24.4 Å². The summed E-state index contributed by atoms with van der Waals surface area (Å²) >= 11 is 0. The topological polar surface area (TPSA) is 504 Å². The molecule has 0 aliphatic carbocycles. The van der Waals surface area contributed by atoms with Crippen LogP contribution in [0, 0.1) is 0 Å². The highest BCUT2D eigenvalue weighted by atomic mass is 16.6. The Morgan fingerprint density at radius 3 is 0.741 bits per heavy atom. The summed E-state index contributed by atoms with van der Waals surface area (Å²) in [6.07, 6.45) is 11.0. The maximum Gasteiger partial charge on any atom is 0.408 e. The van der Waals surface area contributed by atoms with Crippen molar-refractivity contribution in [3.05, 3.63) is 400 Å². The summed E-state index contributed by atoms with van der Waals surface area (Å²) in [5.74, 6) is -2.66. The number of benzene rings is 8. The first-order chi connectivity index (χ1) is 66.3. The molecule has 139 heavy (non-hydrogen) atoms. The van der Waals surface area contributed by atoms with Gasteiger partial charge in [0.2, 0.25) is 0 Å². The van der Waals surface area contributed by atoms with E-state index in [9.17, 15) is 43.2 Å². The van der Waals surface area contributed by atoms with E-state index in [0.29, 0.717) is 62.9 Å². The van der Waals surface area contributed by atoms with Crippen molar-refractivity contribution >= 4 is 153 Å². The van der Waals surface area contributed by atoms with Crippen LogP contribution in [0.15, 0.2) is 317 Å². The number of amides is 7. The number of carboxylic acid groups (broad SMARTS) is 2. The Bertz CT molecular complexity index is 5560. The molecule has 0 spiro atoms. The van der Waals surface area contributed by atoms with E-state index in [1.54, 1.807) is 303 Å². The zero-order valence-electron chi connectivity index (χ0n) is 76.3. The second kappa shape index (κ2) is 60.3. The van der Waals surface area contributed by atoms with E-state index in [1.807, 2.05) is 36.4 Å². The molecule has 0 aliphatic heterocycles. The van der Waals surface area contributed by atoms with Crippen LogP contribution in [-0.4, -0.2) is 159 Å². The summed E-state index contributed by atoms with van der Waals surface area (Å²) < 4.78 is 21.2. The van der Waals surface area contributed by atoms with Crippen molar-refractivity contribution in [2.75, 3.05) is 33.2 Å². The van der Waals surface area contributed by atoms with Crippen molar-refractivity contribution in [3.63, 3.8) is 0 Å². The molecule has 0 fully saturated rings.